The monoisotopic (exact) mass is 444 g/mol. The Morgan fingerprint density at radius 1 is 1.21 bits per heavy atom. The van der Waals surface area contributed by atoms with E-state index in [1.165, 1.54) is 37.2 Å². The second-order valence-electron chi connectivity index (χ2n) is 6.77. The van der Waals surface area contributed by atoms with E-state index in [-0.39, 0.29) is 30.0 Å². The van der Waals surface area contributed by atoms with E-state index in [9.17, 15) is 0 Å². The van der Waals surface area contributed by atoms with Crippen molar-refractivity contribution in [3.8, 4) is 0 Å². The van der Waals surface area contributed by atoms with Crippen LogP contribution in [0.15, 0.2) is 29.3 Å². The number of rotatable bonds is 6. The molecule has 5 heteroatoms. The second-order valence-corrected chi connectivity index (χ2v) is 6.77. The van der Waals surface area contributed by atoms with E-state index in [1.54, 1.807) is 0 Å². The van der Waals surface area contributed by atoms with E-state index in [4.69, 9.17) is 0 Å². The molecule has 0 radical (unpaired) electrons. The number of anilines is 1. The van der Waals surface area contributed by atoms with Crippen LogP contribution in [0, 0.1) is 5.92 Å². The summed E-state index contributed by atoms with van der Waals surface area (Å²) in [5.41, 5.74) is 2.65. The summed E-state index contributed by atoms with van der Waals surface area (Å²) in [5.74, 6) is 1.47. The van der Waals surface area contributed by atoms with Gasteiger partial charge in [0.25, 0.3) is 0 Å². The van der Waals surface area contributed by atoms with Crippen molar-refractivity contribution in [2.75, 3.05) is 31.1 Å². The molecule has 1 heterocycles. The molecule has 0 amide bonds. The fourth-order valence-electron chi connectivity index (χ4n) is 2.85. The van der Waals surface area contributed by atoms with Gasteiger partial charge in [0.05, 0.1) is 6.04 Å². The molecule has 1 atom stereocenters. The lowest BCUT2D eigenvalue weighted by Gasteiger charge is -2.22. The van der Waals surface area contributed by atoms with Gasteiger partial charge < -0.3 is 15.5 Å². The molecule has 1 fully saturated rings. The Labute approximate surface area is 164 Å². The number of hydrogen-bond donors (Lipinski definition) is 2. The third-order valence-electron chi connectivity index (χ3n) is 4.15. The largest absolute Gasteiger partial charge is 0.372 e. The minimum absolute atomic E-state index is 0. The van der Waals surface area contributed by atoms with Crippen LogP contribution in [-0.2, 0) is 0 Å². The second kappa shape index (κ2) is 10.8. The number of benzene rings is 1. The number of nitrogens with zero attached hydrogens (tertiary/aromatic N) is 2. The van der Waals surface area contributed by atoms with Crippen LogP contribution in [0.25, 0.3) is 0 Å². The number of guanidine groups is 1. The Balaban J connectivity index is 0.00000288. The zero-order chi connectivity index (χ0) is 16.7. The molecular weight excluding hydrogens is 411 g/mol. The maximum absolute atomic E-state index is 4.66. The molecule has 4 nitrogen and oxygen atoms in total. The maximum atomic E-state index is 4.66. The molecule has 1 aliphatic heterocycles. The van der Waals surface area contributed by atoms with Gasteiger partial charge in [-0.05, 0) is 50.3 Å². The molecular formula is C19H33IN4. The van der Waals surface area contributed by atoms with Gasteiger partial charge in [0.1, 0.15) is 0 Å². The van der Waals surface area contributed by atoms with Crippen molar-refractivity contribution in [3.63, 3.8) is 0 Å². The predicted octanol–water partition coefficient (Wildman–Crippen LogP) is 4.18. The van der Waals surface area contributed by atoms with Gasteiger partial charge in [-0.2, -0.15) is 0 Å². The summed E-state index contributed by atoms with van der Waals surface area (Å²) in [6.45, 7) is 12.8. The van der Waals surface area contributed by atoms with Gasteiger partial charge in [-0.25, -0.2) is 0 Å². The molecule has 0 saturated carbocycles. The van der Waals surface area contributed by atoms with E-state index in [0.717, 1.165) is 19.0 Å². The summed E-state index contributed by atoms with van der Waals surface area (Å²) in [7, 11) is 0. The van der Waals surface area contributed by atoms with Crippen LogP contribution in [0.2, 0.25) is 0 Å². The van der Waals surface area contributed by atoms with E-state index in [0.29, 0.717) is 5.92 Å². The van der Waals surface area contributed by atoms with Gasteiger partial charge in [-0.3, -0.25) is 4.99 Å². The van der Waals surface area contributed by atoms with Crippen molar-refractivity contribution in [2.45, 2.75) is 46.6 Å². The number of halogens is 1. The van der Waals surface area contributed by atoms with Crippen LogP contribution in [0.4, 0.5) is 5.69 Å². The Hall–Kier alpha value is -0.980. The molecule has 0 bridgehead atoms. The molecule has 0 aliphatic carbocycles. The first-order chi connectivity index (χ1) is 11.1. The fourth-order valence-corrected chi connectivity index (χ4v) is 2.85. The van der Waals surface area contributed by atoms with E-state index >= 15 is 0 Å². The van der Waals surface area contributed by atoms with Gasteiger partial charge in [0, 0.05) is 31.9 Å². The van der Waals surface area contributed by atoms with Crippen molar-refractivity contribution in [1.82, 2.24) is 10.6 Å². The van der Waals surface area contributed by atoms with Gasteiger partial charge in [0.15, 0.2) is 5.96 Å². The van der Waals surface area contributed by atoms with Crippen LogP contribution in [0.3, 0.4) is 0 Å². The van der Waals surface area contributed by atoms with Crippen LogP contribution in [-0.4, -0.2) is 32.1 Å². The highest BCUT2D eigenvalue weighted by Crippen LogP contribution is 2.23. The van der Waals surface area contributed by atoms with Crippen molar-refractivity contribution >= 4 is 35.6 Å². The van der Waals surface area contributed by atoms with Crippen molar-refractivity contribution < 1.29 is 0 Å². The number of aliphatic imine (C=N–C) groups is 1. The quantitative estimate of drug-likeness (QED) is 0.393. The van der Waals surface area contributed by atoms with Crippen LogP contribution >= 0.6 is 24.0 Å². The predicted molar refractivity (Wildman–Crippen MR) is 116 cm³/mol. The van der Waals surface area contributed by atoms with Crippen molar-refractivity contribution in [2.24, 2.45) is 10.9 Å². The zero-order valence-corrected chi connectivity index (χ0v) is 17.8. The van der Waals surface area contributed by atoms with Crippen LogP contribution < -0.4 is 15.5 Å². The normalized spacial score (nSPS) is 16.0. The van der Waals surface area contributed by atoms with E-state index in [1.807, 2.05) is 0 Å². The van der Waals surface area contributed by atoms with Gasteiger partial charge in [-0.15, -0.1) is 24.0 Å². The Morgan fingerprint density at radius 3 is 2.54 bits per heavy atom. The highest BCUT2D eigenvalue weighted by molar-refractivity contribution is 14.0. The average molecular weight is 444 g/mol. The van der Waals surface area contributed by atoms with Crippen LogP contribution in [0.5, 0.6) is 0 Å². The molecule has 1 unspecified atom stereocenters. The number of nitrogens with one attached hydrogen (secondary N) is 2. The highest BCUT2D eigenvalue weighted by atomic mass is 127. The minimum atomic E-state index is 0. The van der Waals surface area contributed by atoms with Crippen LogP contribution in [0.1, 0.15) is 52.1 Å². The molecule has 2 N–H and O–H groups in total. The minimum Gasteiger partial charge on any atom is -0.372 e. The topological polar surface area (TPSA) is 39.7 Å². The number of hydrogen-bond acceptors (Lipinski definition) is 2. The Bertz CT molecular complexity index is 510. The molecule has 2 rings (SSSR count). The van der Waals surface area contributed by atoms with Gasteiger partial charge >= 0.3 is 0 Å². The SMILES string of the molecule is CCNC(=NCC(C)C)NC(C)c1cccc(N2CCCC2)c1.I. The molecule has 24 heavy (non-hydrogen) atoms. The third-order valence-corrected chi connectivity index (χ3v) is 4.15. The zero-order valence-electron chi connectivity index (χ0n) is 15.5. The summed E-state index contributed by atoms with van der Waals surface area (Å²) in [6.07, 6.45) is 2.62. The summed E-state index contributed by atoms with van der Waals surface area (Å²) < 4.78 is 0. The lowest BCUT2D eigenvalue weighted by molar-refractivity contribution is 0.642. The van der Waals surface area contributed by atoms with Gasteiger partial charge in [-0.1, -0.05) is 26.0 Å². The molecule has 0 aromatic heterocycles. The lowest BCUT2D eigenvalue weighted by atomic mass is 10.1. The third kappa shape index (κ3) is 6.49. The molecule has 1 saturated heterocycles. The van der Waals surface area contributed by atoms with E-state index < -0.39 is 0 Å². The lowest BCUT2D eigenvalue weighted by Crippen LogP contribution is -2.39. The average Bonchev–Trinajstić information content (AvgIpc) is 3.07. The first-order valence-corrected chi connectivity index (χ1v) is 9.00. The standard InChI is InChI=1S/C19H32N4.HI/c1-5-20-19(21-14-15(2)3)22-16(4)17-9-8-10-18(13-17)23-11-6-7-12-23;/h8-10,13,15-16H,5-7,11-12,14H2,1-4H3,(H2,20,21,22);1H. The molecule has 136 valence electrons. The van der Waals surface area contributed by atoms with E-state index in [2.05, 4.69) is 72.5 Å². The van der Waals surface area contributed by atoms with Crippen molar-refractivity contribution in [3.05, 3.63) is 29.8 Å². The Morgan fingerprint density at radius 2 is 1.92 bits per heavy atom. The first-order valence-electron chi connectivity index (χ1n) is 9.00. The van der Waals surface area contributed by atoms with Gasteiger partial charge in [0.2, 0.25) is 0 Å². The highest BCUT2D eigenvalue weighted by Gasteiger charge is 2.14. The summed E-state index contributed by atoms with van der Waals surface area (Å²) in [5, 5.41) is 6.86. The summed E-state index contributed by atoms with van der Waals surface area (Å²) in [6, 6.07) is 9.14. The molecule has 1 aliphatic rings. The van der Waals surface area contributed by atoms with Crippen molar-refractivity contribution in [1.29, 1.82) is 0 Å². The summed E-state index contributed by atoms with van der Waals surface area (Å²) >= 11 is 0. The molecule has 0 spiro atoms. The molecule has 1 aromatic carbocycles. The Kier molecular flexibility index (Phi) is 9.48. The maximum Gasteiger partial charge on any atom is 0.191 e. The molecule has 1 aromatic rings. The summed E-state index contributed by atoms with van der Waals surface area (Å²) in [4.78, 5) is 7.14. The first kappa shape index (κ1) is 21.1. The smallest absolute Gasteiger partial charge is 0.191 e. The fraction of sp³-hybridized carbons (Fsp3) is 0.632.